The number of pyridine rings is 1. The molecule has 2 atom stereocenters. The maximum absolute atomic E-state index is 12.9. The van der Waals surface area contributed by atoms with E-state index in [1.807, 2.05) is 0 Å². The average Bonchev–Trinajstić information content (AvgIpc) is 2.99. The van der Waals surface area contributed by atoms with Gasteiger partial charge in [0, 0.05) is 18.0 Å². The molecule has 0 fully saturated rings. The number of amidine groups is 1. The number of nitrogens with one attached hydrogen (secondary N) is 1. The first-order chi connectivity index (χ1) is 10.1. The highest BCUT2D eigenvalue weighted by atomic mass is 19.1. The molecule has 1 aromatic heterocycles. The van der Waals surface area contributed by atoms with Crippen LogP contribution >= 0.6 is 0 Å². The van der Waals surface area contributed by atoms with Gasteiger partial charge in [-0.2, -0.15) is 0 Å². The van der Waals surface area contributed by atoms with Crippen molar-refractivity contribution in [2.45, 2.75) is 18.8 Å². The Morgan fingerprint density at radius 1 is 1.19 bits per heavy atom. The highest BCUT2D eigenvalue weighted by Crippen LogP contribution is 2.29. The largest absolute Gasteiger partial charge is 0.381 e. The smallest absolute Gasteiger partial charge is 0.209 e. The van der Waals surface area contributed by atoms with E-state index in [1.54, 1.807) is 43.6 Å². The van der Waals surface area contributed by atoms with Gasteiger partial charge in [0.15, 0.2) is 5.84 Å². The third-order valence-electron chi connectivity index (χ3n) is 3.38. The van der Waals surface area contributed by atoms with Crippen molar-refractivity contribution in [3.63, 3.8) is 0 Å². The fraction of sp³-hybridized carbons (Fsp3) is 0.200. The SMILES string of the molecule is CC(O)(c1ccncc1)C1N=C(c2ccc(F)cc2)NO1. The Labute approximate surface area is 121 Å². The number of halogens is 1. The van der Waals surface area contributed by atoms with Crippen molar-refractivity contribution in [3.8, 4) is 0 Å². The van der Waals surface area contributed by atoms with E-state index in [2.05, 4.69) is 15.5 Å². The van der Waals surface area contributed by atoms with E-state index in [-0.39, 0.29) is 5.82 Å². The molecule has 0 amide bonds. The summed E-state index contributed by atoms with van der Waals surface area (Å²) in [5.41, 5.74) is 2.69. The highest BCUT2D eigenvalue weighted by molar-refractivity contribution is 5.98. The number of aliphatic imine (C=N–C) groups is 1. The summed E-state index contributed by atoms with van der Waals surface area (Å²) in [6.07, 6.45) is 2.38. The van der Waals surface area contributed by atoms with Crippen LogP contribution in [0.15, 0.2) is 53.8 Å². The van der Waals surface area contributed by atoms with E-state index in [9.17, 15) is 9.50 Å². The second-order valence-corrected chi connectivity index (χ2v) is 4.94. The average molecular weight is 287 g/mol. The molecule has 0 bridgehead atoms. The number of hydrogen-bond donors (Lipinski definition) is 2. The molecule has 108 valence electrons. The van der Waals surface area contributed by atoms with Gasteiger partial charge < -0.3 is 5.11 Å². The molecule has 2 aromatic rings. The summed E-state index contributed by atoms with van der Waals surface area (Å²) in [6, 6.07) is 9.27. The molecule has 3 rings (SSSR count). The van der Waals surface area contributed by atoms with Crippen molar-refractivity contribution in [3.05, 3.63) is 65.7 Å². The van der Waals surface area contributed by atoms with Gasteiger partial charge in [-0.1, -0.05) is 0 Å². The lowest BCUT2D eigenvalue weighted by molar-refractivity contribution is -0.106. The summed E-state index contributed by atoms with van der Waals surface area (Å²) in [6.45, 7) is 1.62. The van der Waals surface area contributed by atoms with Crippen molar-refractivity contribution < 1.29 is 14.3 Å². The van der Waals surface area contributed by atoms with Gasteiger partial charge in [0.2, 0.25) is 6.23 Å². The number of nitrogens with zero attached hydrogens (tertiary/aromatic N) is 2. The zero-order valence-electron chi connectivity index (χ0n) is 11.3. The van der Waals surface area contributed by atoms with Crippen molar-refractivity contribution in [1.82, 2.24) is 10.5 Å². The topological polar surface area (TPSA) is 66.7 Å². The number of rotatable bonds is 3. The van der Waals surface area contributed by atoms with E-state index < -0.39 is 11.8 Å². The molecule has 2 heterocycles. The van der Waals surface area contributed by atoms with E-state index in [1.165, 1.54) is 12.1 Å². The Balaban J connectivity index is 1.87. The second kappa shape index (κ2) is 5.23. The Kier molecular flexibility index (Phi) is 3.40. The molecular formula is C15H14FN3O2. The van der Waals surface area contributed by atoms with Gasteiger partial charge in [0.25, 0.3) is 0 Å². The Hall–Kier alpha value is -2.31. The minimum absolute atomic E-state index is 0.321. The molecule has 5 nitrogen and oxygen atoms in total. The Bertz CT molecular complexity index is 656. The molecule has 0 saturated heterocycles. The van der Waals surface area contributed by atoms with Crippen molar-refractivity contribution in [2.24, 2.45) is 4.99 Å². The van der Waals surface area contributed by atoms with Crippen LogP contribution in [0, 0.1) is 5.82 Å². The molecule has 0 aliphatic carbocycles. The van der Waals surface area contributed by atoms with Gasteiger partial charge in [0.05, 0.1) is 0 Å². The van der Waals surface area contributed by atoms with E-state index in [4.69, 9.17) is 4.84 Å². The maximum Gasteiger partial charge on any atom is 0.209 e. The van der Waals surface area contributed by atoms with Crippen molar-refractivity contribution in [1.29, 1.82) is 0 Å². The van der Waals surface area contributed by atoms with Crippen LogP contribution in [0.4, 0.5) is 4.39 Å². The van der Waals surface area contributed by atoms with Crippen LogP contribution in [0.25, 0.3) is 0 Å². The molecule has 2 N–H and O–H groups in total. The molecule has 2 unspecified atom stereocenters. The van der Waals surface area contributed by atoms with Crippen LogP contribution in [-0.2, 0) is 10.4 Å². The number of hydroxylamine groups is 1. The molecule has 1 aliphatic heterocycles. The van der Waals surface area contributed by atoms with Gasteiger partial charge in [-0.3, -0.25) is 4.98 Å². The predicted octanol–water partition coefficient (Wildman–Crippen LogP) is 1.74. The standard InChI is InChI=1S/C15H14FN3O2/c1-15(20,11-6-8-17-9-7-11)14-18-13(19-21-14)10-2-4-12(16)5-3-10/h2-9,14,20H,1H3,(H,18,19). The summed E-state index contributed by atoms with van der Waals surface area (Å²) >= 11 is 0. The molecule has 21 heavy (non-hydrogen) atoms. The molecular weight excluding hydrogens is 273 g/mol. The molecule has 0 spiro atoms. The normalized spacial score (nSPS) is 20.5. The Morgan fingerprint density at radius 2 is 1.86 bits per heavy atom. The minimum atomic E-state index is -1.31. The summed E-state index contributed by atoms with van der Waals surface area (Å²) in [7, 11) is 0. The van der Waals surface area contributed by atoms with Gasteiger partial charge in [0.1, 0.15) is 11.4 Å². The minimum Gasteiger partial charge on any atom is -0.381 e. The third-order valence-corrected chi connectivity index (χ3v) is 3.38. The molecule has 0 radical (unpaired) electrons. The zero-order chi connectivity index (χ0) is 14.9. The second-order valence-electron chi connectivity index (χ2n) is 4.94. The third kappa shape index (κ3) is 2.63. The lowest BCUT2D eigenvalue weighted by atomic mass is 9.95. The summed E-state index contributed by atoms with van der Waals surface area (Å²) in [5, 5.41) is 10.6. The summed E-state index contributed by atoms with van der Waals surface area (Å²) < 4.78 is 12.9. The van der Waals surface area contributed by atoms with Crippen LogP contribution in [0.5, 0.6) is 0 Å². The lowest BCUT2D eigenvalue weighted by Gasteiger charge is -2.26. The van der Waals surface area contributed by atoms with E-state index in [0.29, 0.717) is 17.0 Å². The van der Waals surface area contributed by atoms with Crippen LogP contribution in [0.1, 0.15) is 18.1 Å². The number of benzene rings is 1. The molecule has 1 aliphatic rings. The molecule has 6 heteroatoms. The van der Waals surface area contributed by atoms with Crippen molar-refractivity contribution >= 4 is 5.84 Å². The van der Waals surface area contributed by atoms with E-state index >= 15 is 0 Å². The van der Waals surface area contributed by atoms with Gasteiger partial charge in [-0.05, 0) is 48.9 Å². The fourth-order valence-electron chi connectivity index (χ4n) is 2.10. The predicted molar refractivity (Wildman–Crippen MR) is 74.8 cm³/mol. The van der Waals surface area contributed by atoms with Crippen LogP contribution in [-0.4, -0.2) is 22.2 Å². The number of aromatic nitrogens is 1. The quantitative estimate of drug-likeness (QED) is 0.902. The summed E-state index contributed by atoms with van der Waals surface area (Å²) in [5.74, 6) is 0.132. The first-order valence-electron chi connectivity index (χ1n) is 6.45. The zero-order valence-corrected chi connectivity index (χ0v) is 11.3. The molecule has 1 aromatic carbocycles. The van der Waals surface area contributed by atoms with Gasteiger partial charge >= 0.3 is 0 Å². The number of hydrogen-bond acceptors (Lipinski definition) is 5. The fourth-order valence-corrected chi connectivity index (χ4v) is 2.10. The van der Waals surface area contributed by atoms with Gasteiger partial charge in [-0.15, -0.1) is 0 Å². The van der Waals surface area contributed by atoms with Crippen LogP contribution in [0.3, 0.4) is 0 Å². The maximum atomic E-state index is 12.9. The van der Waals surface area contributed by atoms with Crippen molar-refractivity contribution in [2.75, 3.05) is 0 Å². The Morgan fingerprint density at radius 3 is 2.52 bits per heavy atom. The number of aliphatic hydroxyl groups is 1. The lowest BCUT2D eigenvalue weighted by Crippen LogP contribution is -2.36. The summed E-state index contributed by atoms with van der Waals surface area (Å²) in [4.78, 5) is 13.6. The van der Waals surface area contributed by atoms with Gasteiger partial charge in [-0.25, -0.2) is 19.7 Å². The van der Waals surface area contributed by atoms with E-state index in [0.717, 1.165) is 0 Å². The highest BCUT2D eigenvalue weighted by Gasteiger charge is 2.38. The monoisotopic (exact) mass is 287 g/mol. The first kappa shape index (κ1) is 13.7. The van der Waals surface area contributed by atoms with Crippen LogP contribution < -0.4 is 5.48 Å². The van der Waals surface area contributed by atoms with Crippen LogP contribution in [0.2, 0.25) is 0 Å². The first-order valence-corrected chi connectivity index (χ1v) is 6.45. The molecule has 0 saturated carbocycles.